The first-order chi connectivity index (χ1) is 22.5. The van der Waals surface area contributed by atoms with Crippen LogP contribution in [0.5, 0.6) is 0 Å². The third-order valence-corrected chi connectivity index (χ3v) is 9.53. The van der Waals surface area contributed by atoms with Crippen molar-refractivity contribution in [1.29, 1.82) is 0 Å². The van der Waals surface area contributed by atoms with E-state index >= 15 is 0 Å². The molecular weight excluding hydrogens is 572 g/mol. The van der Waals surface area contributed by atoms with Crippen LogP contribution in [0.3, 0.4) is 0 Å². The van der Waals surface area contributed by atoms with Crippen molar-refractivity contribution in [3.63, 3.8) is 0 Å². The lowest BCUT2D eigenvalue weighted by Crippen LogP contribution is -2.58. The van der Waals surface area contributed by atoms with Gasteiger partial charge in [0, 0.05) is 37.5 Å². The van der Waals surface area contributed by atoms with E-state index in [1.54, 1.807) is 24.5 Å². The Hall–Kier alpha value is -1.79. The molecule has 3 N–H and O–H groups in total. The lowest BCUT2D eigenvalue weighted by molar-refractivity contribution is -0.162. The van der Waals surface area contributed by atoms with Crippen LogP contribution in [-0.4, -0.2) is 45.0 Å². The molecule has 0 spiro atoms. The molecule has 0 saturated heterocycles. The van der Waals surface area contributed by atoms with Gasteiger partial charge < -0.3 is 15.5 Å². The molecule has 1 unspecified atom stereocenters. The lowest BCUT2D eigenvalue weighted by Gasteiger charge is -2.31. The number of nitrogens with zero attached hydrogens (tertiary/aromatic N) is 1. The summed E-state index contributed by atoms with van der Waals surface area (Å²) in [6.07, 6.45) is 33.2. The van der Waals surface area contributed by atoms with Crippen LogP contribution < -0.4 is 5.32 Å². The normalized spacial score (nSPS) is 12.3. The van der Waals surface area contributed by atoms with E-state index in [4.69, 9.17) is 0 Å². The predicted molar refractivity (Wildman–Crippen MR) is 194 cm³/mol. The number of unbranched alkanes of at least 4 members (excludes halogenated alkanes) is 24. The van der Waals surface area contributed by atoms with Crippen LogP contribution in [0.2, 0.25) is 0 Å². The van der Waals surface area contributed by atoms with Gasteiger partial charge in [0.1, 0.15) is 6.10 Å². The SMILES string of the molecule is CCCCCCCCCCCCCCCC(=O)C(O)(C(=O)CCCCCCCCCCCCCCC)C(O)CNc1ccncc1. The monoisotopic (exact) mass is 645 g/mol. The Labute approximate surface area is 283 Å². The van der Waals surface area contributed by atoms with Crippen LogP contribution in [0.25, 0.3) is 0 Å². The van der Waals surface area contributed by atoms with E-state index in [1.165, 1.54) is 116 Å². The number of carbonyl (C=O) groups excluding carboxylic acids is 2. The molecule has 6 heteroatoms. The number of Topliss-reactive ketones (excluding diaryl/α,β-unsaturated/α-hetero) is 2. The number of ketones is 2. The second-order valence-electron chi connectivity index (χ2n) is 13.7. The summed E-state index contributed by atoms with van der Waals surface area (Å²) < 4.78 is 0. The first-order valence-corrected chi connectivity index (χ1v) is 19.6. The third kappa shape index (κ3) is 20.4. The van der Waals surface area contributed by atoms with Gasteiger partial charge in [-0.05, 0) is 25.0 Å². The fourth-order valence-corrected chi connectivity index (χ4v) is 6.35. The second kappa shape index (κ2) is 29.4. The average Bonchev–Trinajstić information content (AvgIpc) is 3.07. The van der Waals surface area contributed by atoms with Gasteiger partial charge in [-0.25, -0.2) is 0 Å². The van der Waals surface area contributed by atoms with E-state index in [2.05, 4.69) is 24.1 Å². The third-order valence-electron chi connectivity index (χ3n) is 9.53. The van der Waals surface area contributed by atoms with Crippen LogP contribution in [0, 0.1) is 0 Å². The number of pyridine rings is 1. The number of aliphatic hydroxyl groups excluding tert-OH is 1. The lowest BCUT2D eigenvalue weighted by atomic mass is 9.82. The molecule has 0 aliphatic heterocycles. The highest BCUT2D eigenvalue weighted by atomic mass is 16.4. The number of carbonyl (C=O) groups is 2. The van der Waals surface area contributed by atoms with Crippen molar-refractivity contribution in [2.45, 2.75) is 205 Å². The second-order valence-corrected chi connectivity index (χ2v) is 13.7. The molecule has 0 fully saturated rings. The highest BCUT2D eigenvalue weighted by Gasteiger charge is 2.48. The summed E-state index contributed by atoms with van der Waals surface area (Å²) in [6.45, 7) is 4.42. The van der Waals surface area contributed by atoms with Gasteiger partial charge in [0.05, 0.1) is 0 Å². The van der Waals surface area contributed by atoms with Gasteiger partial charge in [-0.2, -0.15) is 0 Å². The number of aromatic nitrogens is 1. The highest BCUT2D eigenvalue weighted by molar-refractivity contribution is 6.10. The summed E-state index contributed by atoms with van der Waals surface area (Å²) in [6, 6.07) is 3.49. The maximum Gasteiger partial charge on any atom is 0.209 e. The van der Waals surface area contributed by atoms with Crippen LogP contribution >= 0.6 is 0 Å². The summed E-state index contributed by atoms with van der Waals surface area (Å²) in [4.78, 5) is 30.6. The van der Waals surface area contributed by atoms with Gasteiger partial charge in [-0.15, -0.1) is 0 Å². The van der Waals surface area contributed by atoms with E-state index in [0.29, 0.717) is 18.5 Å². The Bertz CT molecular complexity index is 805. The van der Waals surface area contributed by atoms with Crippen molar-refractivity contribution in [3.05, 3.63) is 24.5 Å². The van der Waals surface area contributed by atoms with Gasteiger partial charge in [0.2, 0.25) is 5.60 Å². The molecule has 1 aromatic heterocycles. The van der Waals surface area contributed by atoms with Crippen molar-refractivity contribution >= 4 is 17.3 Å². The molecular formula is C40H72N2O4. The fraction of sp³-hybridized carbons (Fsp3) is 0.825. The fourth-order valence-electron chi connectivity index (χ4n) is 6.35. The zero-order valence-electron chi connectivity index (χ0n) is 30.1. The number of aliphatic hydroxyl groups is 2. The highest BCUT2D eigenvalue weighted by Crippen LogP contribution is 2.23. The number of hydrogen-bond donors (Lipinski definition) is 3. The summed E-state index contributed by atoms with van der Waals surface area (Å²) in [7, 11) is 0. The molecule has 0 radical (unpaired) electrons. The molecule has 1 rings (SSSR count). The van der Waals surface area contributed by atoms with Gasteiger partial charge in [-0.1, -0.05) is 168 Å². The molecule has 266 valence electrons. The van der Waals surface area contributed by atoms with Gasteiger partial charge in [0.15, 0.2) is 11.6 Å². The van der Waals surface area contributed by atoms with Crippen molar-refractivity contribution in [3.8, 4) is 0 Å². The molecule has 0 aliphatic rings. The molecule has 1 heterocycles. The Balaban J connectivity index is 2.39. The molecule has 0 bridgehead atoms. The van der Waals surface area contributed by atoms with E-state index in [1.807, 2.05) is 0 Å². The summed E-state index contributed by atoms with van der Waals surface area (Å²) >= 11 is 0. The van der Waals surface area contributed by atoms with E-state index in [-0.39, 0.29) is 19.4 Å². The molecule has 46 heavy (non-hydrogen) atoms. The van der Waals surface area contributed by atoms with Gasteiger partial charge in [-0.3, -0.25) is 14.6 Å². The topological polar surface area (TPSA) is 99.5 Å². The maximum atomic E-state index is 13.3. The number of rotatable bonds is 34. The Kier molecular flexibility index (Phi) is 27.0. The van der Waals surface area contributed by atoms with Crippen molar-refractivity contribution in [1.82, 2.24) is 4.98 Å². The molecule has 0 aromatic carbocycles. The average molecular weight is 645 g/mol. The molecule has 0 amide bonds. The minimum absolute atomic E-state index is 0.0881. The van der Waals surface area contributed by atoms with Crippen molar-refractivity contribution < 1.29 is 19.8 Å². The van der Waals surface area contributed by atoms with Crippen LogP contribution in [0.15, 0.2) is 24.5 Å². The predicted octanol–water partition coefficient (Wildman–Crippen LogP) is 10.7. The van der Waals surface area contributed by atoms with E-state index in [0.717, 1.165) is 38.5 Å². The van der Waals surface area contributed by atoms with E-state index < -0.39 is 23.3 Å². The number of hydrogen-bond acceptors (Lipinski definition) is 6. The number of anilines is 1. The van der Waals surface area contributed by atoms with Crippen molar-refractivity contribution in [2.75, 3.05) is 11.9 Å². The van der Waals surface area contributed by atoms with E-state index in [9.17, 15) is 19.8 Å². The zero-order valence-corrected chi connectivity index (χ0v) is 30.1. The summed E-state index contributed by atoms with van der Waals surface area (Å²) in [5, 5.41) is 25.5. The Morgan fingerprint density at radius 1 is 0.587 bits per heavy atom. The van der Waals surface area contributed by atoms with Gasteiger partial charge >= 0.3 is 0 Å². The van der Waals surface area contributed by atoms with Crippen LogP contribution in [0.4, 0.5) is 5.69 Å². The molecule has 1 aromatic rings. The molecule has 1 atom stereocenters. The first kappa shape index (κ1) is 42.2. The minimum Gasteiger partial charge on any atom is -0.387 e. The molecule has 0 aliphatic carbocycles. The van der Waals surface area contributed by atoms with Gasteiger partial charge in [0.25, 0.3) is 0 Å². The Morgan fingerprint density at radius 3 is 1.22 bits per heavy atom. The maximum absolute atomic E-state index is 13.3. The summed E-state index contributed by atoms with van der Waals surface area (Å²) in [5.74, 6) is -1.08. The standard InChI is InChI=1S/C40H72N2O4/c1-3-5-7-9-11-13-15-17-19-21-23-25-27-29-37(43)40(46,39(45)35-42-36-31-33-41-34-32-36)38(44)30-28-26-24-22-20-18-16-14-12-10-8-6-4-2/h31-34,39,45-46H,3-30,35H2,1-2H3,(H,41,42). The smallest absolute Gasteiger partial charge is 0.209 e. The Morgan fingerprint density at radius 2 is 0.891 bits per heavy atom. The molecule has 0 saturated carbocycles. The van der Waals surface area contributed by atoms with Crippen LogP contribution in [0.1, 0.15) is 194 Å². The minimum atomic E-state index is -2.37. The zero-order chi connectivity index (χ0) is 33.6. The molecule has 6 nitrogen and oxygen atoms in total. The first-order valence-electron chi connectivity index (χ1n) is 19.6. The quantitative estimate of drug-likeness (QED) is 0.0510. The van der Waals surface area contributed by atoms with Crippen LogP contribution in [-0.2, 0) is 9.59 Å². The van der Waals surface area contributed by atoms with Crippen molar-refractivity contribution in [2.24, 2.45) is 0 Å². The number of nitrogens with one attached hydrogen (secondary N) is 1. The largest absolute Gasteiger partial charge is 0.387 e. The summed E-state index contributed by atoms with van der Waals surface area (Å²) in [5.41, 5.74) is -1.65.